The topological polar surface area (TPSA) is 0 Å². The Morgan fingerprint density at radius 1 is 1.57 bits per heavy atom. The van der Waals surface area contributed by atoms with Crippen LogP contribution < -0.4 is 0 Å². The van der Waals surface area contributed by atoms with Gasteiger partial charge in [0.05, 0.1) is 0 Å². The van der Waals surface area contributed by atoms with Gasteiger partial charge in [-0.3, -0.25) is 0 Å². The Morgan fingerprint density at radius 2 is 2.14 bits per heavy atom. The molecule has 0 N–H and O–H groups in total. The van der Waals surface area contributed by atoms with Crippen LogP contribution in [0.4, 0.5) is 0 Å². The first-order valence-electron chi connectivity index (χ1n) is 2.22. The maximum absolute atomic E-state index is 3.66. The number of allylic oxidation sites excluding steroid dienone is 4. The van der Waals surface area contributed by atoms with Crippen molar-refractivity contribution in [3.05, 3.63) is 37.0 Å². The Morgan fingerprint density at radius 3 is 2.29 bits per heavy atom. The van der Waals surface area contributed by atoms with Gasteiger partial charge in [0.25, 0.3) is 0 Å². The highest BCUT2D eigenvalue weighted by Gasteiger charge is 1.65. The van der Waals surface area contributed by atoms with Gasteiger partial charge >= 0.3 is 0 Å². The second-order valence-corrected chi connectivity index (χ2v) is 1.44. The molecule has 0 aliphatic carbocycles. The molecule has 0 heteroatoms. The highest BCUT2D eigenvalue weighted by Crippen LogP contribution is 1.86. The van der Waals surface area contributed by atoms with Crippen molar-refractivity contribution in [2.24, 2.45) is 0 Å². The van der Waals surface area contributed by atoms with Gasteiger partial charge in [0.15, 0.2) is 0 Å². The fourth-order valence-electron chi connectivity index (χ4n) is 0.232. The fraction of sp³-hybridized carbons (Fsp3) is 0.143. The van der Waals surface area contributed by atoms with Crippen LogP contribution in [-0.2, 0) is 0 Å². The van der Waals surface area contributed by atoms with Crippen molar-refractivity contribution in [3.8, 4) is 0 Å². The zero-order chi connectivity index (χ0) is 5.70. The van der Waals surface area contributed by atoms with Gasteiger partial charge in [-0.1, -0.05) is 37.0 Å². The second kappa shape index (κ2) is 3.41. The Labute approximate surface area is 44.9 Å². The van der Waals surface area contributed by atoms with Crippen molar-refractivity contribution in [1.82, 2.24) is 0 Å². The summed E-state index contributed by atoms with van der Waals surface area (Å²) in [5.74, 6) is 0. The summed E-state index contributed by atoms with van der Waals surface area (Å²) in [6, 6.07) is 0. The number of rotatable bonds is 2. The van der Waals surface area contributed by atoms with E-state index in [2.05, 4.69) is 13.2 Å². The van der Waals surface area contributed by atoms with Crippen LogP contribution >= 0.6 is 0 Å². The molecule has 0 aromatic carbocycles. The summed E-state index contributed by atoms with van der Waals surface area (Å²) in [6.07, 6.45) is 5.50. The predicted octanol–water partition coefficient (Wildman–Crippen LogP) is 2.30. The standard InChI is InChI=1S/C7H10/c1-4-5-6-7(2)3/h4-6H,1-2H2,3H3/b6-5+. The molecule has 0 fully saturated rings. The van der Waals surface area contributed by atoms with Crippen LogP contribution in [0.5, 0.6) is 0 Å². The lowest BCUT2D eigenvalue weighted by molar-refractivity contribution is 1.56. The van der Waals surface area contributed by atoms with E-state index < -0.39 is 0 Å². The van der Waals surface area contributed by atoms with Crippen molar-refractivity contribution >= 4 is 0 Å². The SMILES string of the molecule is C=C/C=C/C(=C)C. The van der Waals surface area contributed by atoms with Gasteiger partial charge in [-0.05, 0) is 6.92 Å². The first-order chi connectivity index (χ1) is 3.27. The van der Waals surface area contributed by atoms with Crippen LogP contribution in [0.3, 0.4) is 0 Å². The molecule has 0 aromatic rings. The molecule has 0 aliphatic heterocycles. The van der Waals surface area contributed by atoms with Gasteiger partial charge in [0, 0.05) is 0 Å². The van der Waals surface area contributed by atoms with Crippen LogP contribution in [0.1, 0.15) is 6.92 Å². The smallest absolute Gasteiger partial charge is 0.0404 e. The molecule has 0 aliphatic rings. The minimum Gasteiger partial charge on any atom is -0.0991 e. The Balaban J connectivity index is 3.46. The van der Waals surface area contributed by atoms with E-state index in [0.717, 1.165) is 5.57 Å². The van der Waals surface area contributed by atoms with E-state index in [9.17, 15) is 0 Å². The van der Waals surface area contributed by atoms with Crippen LogP contribution in [0, 0.1) is 0 Å². The molecule has 0 heterocycles. The van der Waals surface area contributed by atoms with E-state index in [1.165, 1.54) is 0 Å². The second-order valence-electron chi connectivity index (χ2n) is 1.44. The Kier molecular flexibility index (Phi) is 3.03. The Hall–Kier alpha value is -0.780. The summed E-state index contributed by atoms with van der Waals surface area (Å²) in [5, 5.41) is 0. The monoisotopic (exact) mass is 94.1 g/mol. The molecule has 0 spiro atoms. The van der Waals surface area contributed by atoms with E-state index >= 15 is 0 Å². The van der Waals surface area contributed by atoms with E-state index in [1.807, 2.05) is 19.1 Å². The third-order valence-corrected chi connectivity index (χ3v) is 0.517. The third-order valence-electron chi connectivity index (χ3n) is 0.517. The zero-order valence-electron chi connectivity index (χ0n) is 4.65. The maximum atomic E-state index is 3.66. The van der Waals surface area contributed by atoms with Gasteiger partial charge < -0.3 is 0 Å². The molecule has 0 aromatic heterocycles. The normalized spacial score (nSPS) is 9.29. The molecule has 0 unspecified atom stereocenters. The van der Waals surface area contributed by atoms with Crippen LogP contribution in [-0.4, -0.2) is 0 Å². The number of hydrogen-bond acceptors (Lipinski definition) is 0. The molecule has 0 atom stereocenters. The van der Waals surface area contributed by atoms with E-state index in [4.69, 9.17) is 0 Å². The molecule has 0 saturated heterocycles. The molecule has 0 radical (unpaired) electrons. The first kappa shape index (κ1) is 6.22. The van der Waals surface area contributed by atoms with Crippen molar-refractivity contribution in [2.75, 3.05) is 0 Å². The molecule has 7 heavy (non-hydrogen) atoms. The lowest BCUT2D eigenvalue weighted by atomic mass is 10.3. The largest absolute Gasteiger partial charge is 0.0991 e. The quantitative estimate of drug-likeness (QED) is 0.460. The first-order valence-corrected chi connectivity index (χ1v) is 2.22. The van der Waals surface area contributed by atoms with Crippen LogP contribution in [0.25, 0.3) is 0 Å². The van der Waals surface area contributed by atoms with Crippen molar-refractivity contribution in [1.29, 1.82) is 0 Å². The minimum absolute atomic E-state index is 1.06. The predicted molar refractivity (Wildman–Crippen MR) is 34.2 cm³/mol. The van der Waals surface area contributed by atoms with Gasteiger partial charge in [-0.2, -0.15) is 0 Å². The van der Waals surface area contributed by atoms with E-state index in [-0.39, 0.29) is 0 Å². The van der Waals surface area contributed by atoms with Crippen LogP contribution in [0.15, 0.2) is 37.0 Å². The highest BCUT2D eigenvalue weighted by molar-refractivity contribution is 5.15. The average Bonchev–Trinajstić information content (AvgIpc) is 1.61. The molecular formula is C7H10. The fourth-order valence-corrected chi connectivity index (χ4v) is 0.232. The maximum Gasteiger partial charge on any atom is -0.0404 e. The lowest BCUT2D eigenvalue weighted by Crippen LogP contribution is -1.55. The Bertz CT molecular complexity index is 96.6. The summed E-state index contributed by atoms with van der Waals surface area (Å²) in [6.45, 7) is 9.11. The third kappa shape index (κ3) is 5.22. The summed E-state index contributed by atoms with van der Waals surface area (Å²) in [7, 11) is 0. The molecular weight excluding hydrogens is 84.1 g/mol. The molecule has 0 rings (SSSR count). The van der Waals surface area contributed by atoms with Crippen molar-refractivity contribution in [2.45, 2.75) is 6.92 Å². The summed E-state index contributed by atoms with van der Waals surface area (Å²) < 4.78 is 0. The lowest BCUT2D eigenvalue weighted by Gasteiger charge is -1.77. The van der Waals surface area contributed by atoms with Crippen molar-refractivity contribution < 1.29 is 0 Å². The van der Waals surface area contributed by atoms with E-state index in [0.29, 0.717) is 0 Å². The van der Waals surface area contributed by atoms with Gasteiger partial charge in [-0.25, -0.2) is 0 Å². The molecule has 38 valence electrons. The molecule has 0 saturated carbocycles. The van der Waals surface area contributed by atoms with Crippen molar-refractivity contribution in [3.63, 3.8) is 0 Å². The molecule has 0 bridgehead atoms. The van der Waals surface area contributed by atoms with Gasteiger partial charge in [0.1, 0.15) is 0 Å². The zero-order valence-corrected chi connectivity index (χ0v) is 4.65. The van der Waals surface area contributed by atoms with Crippen LogP contribution in [0.2, 0.25) is 0 Å². The van der Waals surface area contributed by atoms with Gasteiger partial charge in [-0.15, -0.1) is 0 Å². The summed E-state index contributed by atoms with van der Waals surface area (Å²) >= 11 is 0. The minimum atomic E-state index is 1.06. The highest BCUT2D eigenvalue weighted by atomic mass is 13.7. The summed E-state index contributed by atoms with van der Waals surface area (Å²) in [4.78, 5) is 0. The number of hydrogen-bond donors (Lipinski definition) is 0. The summed E-state index contributed by atoms with van der Waals surface area (Å²) in [5.41, 5.74) is 1.06. The van der Waals surface area contributed by atoms with E-state index in [1.54, 1.807) is 6.08 Å². The molecule has 0 amide bonds. The average molecular weight is 94.2 g/mol. The van der Waals surface area contributed by atoms with Gasteiger partial charge in [0.2, 0.25) is 0 Å². The molecule has 0 nitrogen and oxygen atoms in total.